The molecule has 0 aromatic heterocycles. The molecule has 172 valence electrons. The van der Waals surface area contributed by atoms with Crippen molar-refractivity contribution in [3.63, 3.8) is 0 Å². The van der Waals surface area contributed by atoms with E-state index in [2.05, 4.69) is 19.9 Å². The Labute approximate surface area is 192 Å². The van der Waals surface area contributed by atoms with Crippen LogP contribution >= 0.6 is 0 Å². The lowest BCUT2D eigenvalue weighted by molar-refractivity contribution is -0.146. The summed E-state index contributed by atoms with van der Waals surface area (Å²) in [5, 5.41) is 0. The number of ketones is 2. The topological polar surface area (TPSA) is 82.1 Å². The van der Waals surface area contributed by atoms with Gasteiger partial charge in [-0.25, -0.2) is 0 Å². The van der Waals surface area contributed by atoms with E-state index >= 15 is 0 Å². The van der Waals surface area contributed by atoms with Gasteiger partial charge in [-0.05, 0) is 29.8 Å². The van der Waals surface area contributed by atoms with Crippen LogP contribution in [0, 0.1) is 0 Å². The highest BCUT2D eigenvalue weighted by atomic mass is 16.6. The number of esters is 1. The number of ether oxygens (including phenoxy) is 3. The first-order chi connectivity index (χ1) is 15.8. The fourth-order valence-corrected chi connectivity index (χ4v) is 4.25. The van der Waals surface area contributed by atoms with Crippen LogP contribution in [0.25, 0.3) is 0 Å². The number of likely N-dealkylation sites (N-methyl/N-ethyl adjacent to an activating group) is 1. The maximum atomic E-state index is 12.5. The van der Waals surface area contributed by atoms with Gasteiger partial charge in [-0.15, -0.1) is 0 Å². The molecule has 7 nitrogen and oxygen atoms in total. The molecule has 0 bridgehead atoms. The molecule has 0 unspecified atom stereocenters. The van der Waals surface area contributed by atoms with Crippen LogP contribution in [-0.2, 0) is 19.7 Å². The molecule has 0 aliphatic carbocycles. The summed E-state index contributed by atoms with van der Waals surface area (Å²) in [5.41, 5.74) is 3.15. The third-order valence-corrected chi connectivity index (χ3v) is 6.03. The molecule has 0 N–H and O–H groups in total. The summed E-state index contributed by atoms with van der Waals surface area (Å²) in [6.45, 7) is 4.66. The van der Waals surface area contributed by atoms with E-state index < -0.39 is 5.97 Å². The first kappa shape index (κ1) is 22.6. The van der Waals surface area contributed by atoms with Crippen LogP contribution < -0.4 is 14.4 Å². The van der Waals surface area contributed by atoms with Crippen LogP contribution in [0.2, 0.25) is 0 Å². The number of anilines is 1. The number of fused-ring (bicyclic) bond motifs is 2. The second-order valence-electron chi connectivity index (χ2n) is 8.64. The minimum atomic E-state index is -0.588. The molecule has 2 aliphatic heterocycles. The molecule has 0 radical (unpaired) electrons. The van der Waals surface area contributed by atoms with Crippen LogP contribution in [-0.4, -0.2) is 44.4 Å². The summed E-state index contributed by atoms with van der Waals surface area (Å²) in [4.78, 5) is 39.1. The van der Waals surface area contributed by atoms with Gasteiger partial charge in [-0.3, -0.25) is 14.4 Å². The van der Waals surface area contributed by atoms with Gasteiger partial charge in [0.2, 0.25) is 0 Å². The molecule has 0 fully saturated rings. The van der Waals surface area contributed by atoms with Gasteiger partial charge >= 0.3 is 5.97 Å². The normalized spacial score (nSPS) is 16.9. The zero-order valence-corrected chi connectivity index (χ0v) is 19.1. The zero-order chi connectivity index (χ0) is 23.6. The number of hydrogen-bond donors (Lipinski definition) is 0. The fraction of sp³-hybridized carbons (Fsp3) is 0.346. The fourth-order valence-electron chi connectivity index (χ4n) is 4.25. The number of carbonyl (C=O) groups excluding carboxylic acids is 3. The molecule has 2 aromatic carbocycles. The Balaban J connectivity index is 1.29. The summed E-state index contributed by atoms with van der Waals surface area (Å²) < 4.78 is 16.1. The molecular weight excluding hydrogens is 422 g/mol. The van der Waals surface area contributed by atoms with E-state index in [0.717, 1.165) is 16.9 Å². The second-order valence-corrected chi connectivity index (χ2v) is 8.64. The maximum Gasteiger partial charge on any atom is 0.306 e. The summed E-state index contributed by atoms with van der Waals surface area (Å²) in [6.07, 6.45) is 1.42. The molecule has 2 aliphatic rings. The van der Waals surface area contributed by atoms with Crippen molar-refractivity contribution in [1.82, 2.24) is 0 Å². The van der Waals surface area contributed by atoms with Crippen molar-refractivity contribution in [2.45, 2.75) is 32.1 Å². The first-order valence-electron chi connectivity index (χ1n) is 10.9. The lowest BCUT2D eigenvalue weighted by Crippen LogP contribution is -2.25. The average Bonchev–Trinajstić information content (AvgIpc) is 3.01. The SMILES string of the molecule is CN1/C(=C\C(=O)COC(=O)CCC(=O)c2ccc3c(c2)OCCO3)C(C)(C)c2ccccc21. The molecule has 0 saturated carbocycles. The summed E-state index contributed by atoms with van der Waals surface area (Å²) >= 11 is 0. The highest BCUT2D eigenvalue weighted by Crippen LogP contribution is 2.46. The third kappa shape index (κ3) is 4.62. The number of carbonyl (C=O) groups is 3. The monoisotopic (exact) mass is 449 g/mol. The predicted octanol–water partition coefficient (Wildman–Crippen LogP) is 3.84. The Morgan fingerprint density at radius 2 is 1.76 bits per heavy atom. The predicted molar refractivity (Wildman–Crippen MR) is 123 cm³/mol. The third-order valence-electron chi connectivity index (χ3n) is 6.03. The van der Waals surface area contributed by atoms with Gasteiger partial charge in [-0.1, -0.05) is 32.0 Å². The van der Waals surface area contributed by atoms with Gasteiger partial charge in [0.15, 0.2) is 29.7 Å². The van der Waals surface area contributed by atoms with Gasteiger partial charge < -0.3 is 19.1 Å². The molecule has 2 heterocycles. The highest BCUT2D eigenvalue weighted by molar-refractivity contribution is 5.98. The Kier molecular flexibility index (Phi) is 6.22. The molecule has 0 spiro atoms. The maximum absolute atomic E-state index is 12.5. The Hall–Kier alpha value is -3.61. The molecule has 0 atom stereocenters. The molecule has 0 saturated heterocycles. The lowest BCUT2D eigenvalue weighted by atomic mass is 9.83. The largest absolute Gasteiger partial charge is 0.486 e. The van der Waals surface area contributed by atoms with E-state index in [1.165, 1.54) is 6.08 Å². The van der Waals surface area contributed by atoms with Crippen molar-refractivity contribution in [3.05, 3.63) is 65.4 Å². The minimum absolute atomic E-state index is 0.0150. The van der Waals surface area contributed by atoms with Crippen LogP contribution in [0.3, 0.4) is 0 Å². The van der Waals surface area contributed by atoms with Gasteiger partial charge in [-0.2, -0.15) is 0 Å². The van der Waals surface area contributed by atoms with E-state index in [1.54, 1.807) is 18.2 Å². The molecular formula is C26H27NO6. The number of rotatable bonds is 7. The van der Waals surface area contributed by atoms with Crippen molar-refractivity contribution in [2.24, 2.45) is 0 Å². The van der Waals surface area contributed by atoms with Crippen LogP contribution in [0.4, 0.5) is 5.69 Å². The van der Waals surface area contributed by atoms with Crippen molar-refractivity contribution >= 4 is 23.2 Å². The number of Topliss-reactive ketones (excluding diaryl/α,β-unsaturated/α-hetero) is 1. The average molecular weight is 450 g/mol. The smallest absolute Gasteiger partial charge is 0.306 e. The standard InChI is InChI=1S/C26H27NO6/c1-26(2)19-6-4-5-7-20(19)27(3)24(26)15-18(28)16-33-25(30)11-9-21(29)17-8-10-22-23(14-17)32-13-12-31-22/h4-8,10,14-15H,9,11-13,16H2,1-3H3/b24-15-. The molecule has 0 amide bonds. The van der Waals surface area contributed by atoms with E-state index in [0.29, 0.717) is 30.3 Å². The zero-order valence-electron chi connectivity index (χ0n) is 19.1. The van der Waals surface area contributed by atoms with Crippen LogP contribution in [0.5, 0.6) is 11.5 Å². The lowest BCUT2D eigenvalue weighted by Gasteiger charge is -2.23. The molecule has 7 heteroatoms. The number of allylic oxidation sites excluding steroid dienone is 1. The van der Waals surface area contributed by atoms with Crippen LogP contribution in [0.15, 0.2) is 54.2 Å². The van der Waals surface area contributed by atoms with E-state index in [1.807, 2.05) is 30.1 Å². The molecule has 2 aromatic rings. The van der Waals surface area contributed by atoms with Crippen LogP contribution in [0.1, 0.15) is 42.6 Å². The summed E-state index contributed by atoms with van der Waals surface area (Å²) in [5.74, 6) is 0.0305. The van der Waals surface area contributed by atoms with Crippen molar-refractivity contribution in [3.8, 4) is 11.5 Å². The van der Waals surface area contributed by atoms with Crippen molar-refractivity contribution in [1.29, 1.82) is 0 Å². The minimum Gasteiger partial charge on any atom is -0.486 e. The van der Waals surface area contributed by atoms with E-state index in [-0.39, 0.29) is 36.4 Å². The van der Waals surface area contributed by atoms with Crippen molar-refractivity contribution < 1.29 is 28.6 Å². The molecule has 4 rings (SSSR count). The van der Waals surface area contributed by atoms with Gasteiger partial charge in [0, 0.05) is 41.9 Å². The van der Waals surface area contributed by atoms with Crippen molar-refractivity contribution in [2.75, 3.05) is 31.8 Å². The number of hydrogen-bond acceptors (Lipinski definition) is 7. The number of nitrogens with zero attached hydrogens (tertiary/aromatic N) is 1. The Morgan fingerprint density at radius 3 is 2.52 bits per heavy atom. The van der Waals surface area contributed by atoms with Gasteiger partial charge in [0.05, 0.1) is 6.42 Å². The summed E-state index contributed by atoms with van der Waals surface area (Å²) in [6, 6.07) is 13.0. The number of benzene rings is 2. The van der Waals surface area contributed by atoms with Gasteiger partial charge in [0.1, 0.15) is 13.2 Å². The van der Waals surface area contributed by atoms with E-state index in [9.17, 15) is 14.4 Å². The second kappa shape index (κ2) is 9.10. The summed E-state index contributed by atoms with van der Waals surface area (Å²) in [7, 11) is 1.92. The highest BCUT2D eigenvalue weighted by Gasteiger charge is 2.38. The Bertz CT molecular complexity index is 1130. The van der Waals surface area contributed by atoms with E-state index in [4.69, 9.17) is 14.2 Å². The quantitative estimate of drug-likeness (QED) is 0.361. The Morgan fingerprint density at radius 1 is 1.03 bits per heavy atom. The van der Waals surface area contributed by atoms with Gasteiger partial charge in [0.25, 0.3) is 0 Å². The molecule has 33 heavy (non-hydrogen) atoms. The number of para-hydroxylation sites is 1. The first-order valence-corrected chi connectivity index (χ1v) is 10.9.